The van der Waals surface area contributed by atoms with Crippen LogP contribution in [0.1, 0.15) is 28.8 Å². The first-order valence-electron chi connectivity index (χ1n) is 8.55. The smallest absolute Gasteiger partial charge is 0.254 e. The summed E-state index contributed by atoms with van der Waals surface area (Å²) in [5, 5.41) is 3.41. The van der Waals surface area contributed by atoms with E-state index in [1.165, 1.54) is 12.1 Å². The normalized spacial score (nSPS) is 15.2. The number of anilines is 1. The molecule has 25 heavy (non-hydrogen) atoms. The third kappa shape index (κ3) is 4.37. The summed E-state index contributed by atoms with van der Waals surface area (Å²) in [4.78, 5) is 14.7. The van der Waals surface area contributed by atoms with Gasteiger partial charge < -0.3 is 15.0 Å². The number of methoxy groups -OCH3 is 1. The fourth-order valence-electron chi connectivity index (χ4n) is 3.19. The van der Waals surface area contributed by atoms with Crippen LogP contribution < -0.4 is 5.32 Å². The average Bonchev–Trinajstić information content (AvgIpc) is 2.64. The van der Waals surface area contributed by atoms with E-state index in [0.29, 0.717) is 31.3 Å². The lowest BCUT2D eigenvalue weighted by Crippen LogP contribution is -2.42. The van der Waals surface area contributed by atoms with Gasteiger partial charge in [-0.05, 0) is 48.7 Å². The molecule has 1 fully saturated rings. The molecule has 0 aromatic heterocycles. The minimum Gasteiger partial charge on any atom is -0.382 e. The molecule has 1 heterocycles. The van der Waals surface area contributed by atoms with Crippen LogP contribution in [0.5, 0.6) is 0 Å². The van der Waals surface area contributed by atoms with Crippen LogP contribution in [0.4, 0.5) is 10.1 Å². The summed E-state index contributed by atoms with van der Waals surface area (Å²) < 4.78 is 18.2. The molecular formula is C20H23FN2O2. The summed E-state index contributed by atoms with van der Waals surface area (Å²) in [6, 6.07) is 14.3. The van der Waals surface area contributed by atoms with E-state index in [0.717, 1.165) is 24.1 Å². The number of hydrogen-bond acceptors (Lipinski definition) is 3. The van der Waals surface area contributed by atoms with E-state index in [1.54, 1.807) is 19.2 Å². The van der Waals surface area contributed by atoms with Crippen LogP contribution >= 0.6 is 0 Å². The van der Waals surface area contributed by atoms with Gasteiger partial charge in [-0.15, -0.1) is 0 Å². The zero-order chi connectivity index (χ0) is 17.6. The van der Waals surface area contributed by atoms with Crippen molar-refractivity contribution in [2.75, 3.05) is 25.5 Å². The molecule has 132 valence electrons. The number of piperidine rings is 1. The lowest BCUT2D eigenvalue weighted by Gasteiger charge is -2.33. The van der Waals surface area contributed by atoms with Crippen LogP contribution in [0.2, 0.25) is 0 Å². The summed E-state index contributed by atoms with van der Waals surface area (Å²) in [5.41, 5.74) is 2.55. The summed E-state index contributed by atoms with van der Waals surface area (Å²) in [5.74, 6) is -0.173. The molecule has 0 radical (unpaired) electrons. The predicted molar refractivity (Wildman–Crippen MR) is 96.1 cm³/mol. The number of carbonyl (C=O) groups excluding carboxylic acids is 1. The Balaban J connectivity index is 1.58. The second-order valence-electron chi connectivity index (χ2n) is 6.31. The third-order valence-corrected chi connectivity index (χ3v) is 4.54. The molecule has 0 spiro atoms. The number of amides is 1. The van der Waals surface area contributed by atoms with Crippen molar-refractivity contribution in [1.82, 2.24) is 4.90 Å². The van der Waals surface area contributed by atoms with Crippen LogP contribution in [0, 0.1) is 5.82 Å². The lowest BCUT2D eigenvalue weighted by atomic mass is 10.0. The van der Waals surface area contributed by atoms with Crippen molar-refractivity contribution in [3.63, 3.8) is 0 Å². The van der Waals surface area contributed by atoms with Gasteiger partial charge in [-0.2, -0.15) is 0 Å². The van der Waals surface area contributed by atoms with E-state index in [9.17, 15) is 9.18 Å². The van der Waals surface area contributed by atoms with E-state index in [4.69, 9.17) is 4.74 Å². The number of nitrogens with zero attached hydrogens (tertiary/aromatic N) is 1. The minimum atomic E-state index is -0.235. The summed E-state index contributed by atoms with van der Waals surface area (Å²) in [6.45, 7) is 1.85. The van der Waals surface area contributed by atoms with Crippen molar-refractivity contribution in [3.05, 3.63) is 65.5 Å². The molecule has 2 aromatic rings. The van der Waals surface area contributed by atoms with Crippen molar-refractivity contribution in [3.8, 4) is 0 Å². The molecule has 1 aliphatic heterocycles. The van der Waals surface area contributed by atoms with Gasteiger partial charge >= 0.3 is 0 Å². The van der Waals surface area contributed by atoms with E-state index in [1.807, 2.05) is 29.2 Å². The van der Waals surface area contributed by atoms with Crippen LogP contribution in [0.3, 0.4) is 0 Å². The first-order chi connectivity index (χ1) is 12.2. The van der Waals surface area contributed by atoms with Crippen LogP contribution in [-0.4, -0.2) is 37.0 Å². The number of rotatable bonds is 5. The van der Waals surface area contributed by atoms with Crippen LogP contribution in [0.15, 0.2) is 48.5 Å². The van der Waals surface area contributed by atoms with Crippen molar-refractivity contribution in [2.45, 2.75) is 25.5 Å². The van der Waals surface area contributed by atoms with Crippen molar-refractivity contribution in [1.29, 1.82) is 0 Å². The molecule has 0 bridgehead atoms. The Bertz CT molecular complexity index is 710. The number of carbonyl (C=O) groups is 1. The van der Waals surface area contributed by atoms with Gasteiger partial charge in [-0.1, -0.05) is 18.2 Å². The molecule has 0 aliphatic carbocycles. The van der Waals surface area contributed by atoms with Gasteiger partial charge in [0.15, 0.2) is 0 Å². The molecule has 4 nitrogen and oxygen atoms in total. The Morgan fingerprint density at radius 1 is 1.16 bits per heavy atom. The quantitative estimate of drug-likeness (QED) is 0.901. The van der Waals surface area contributed by atoms with Crippen molar-refractivity contribution in [2.24, 2.45) is 0 Å². The predicted octanol–water partition coefficient (Wildman–Crippen LogP) is 3.69. The molecular weight excluding hydrogens is 319 g/mol. The van der Waals surface area contributed by atoms with E-state index in [2.05, 4.69) is 5.32 Å². The van der Waals surface area contributed by atoms with Crippen LogP contribution in [0.25, 0.3) is 0 Å². The number of halogens is 1. The highest BCUT2D eigenvalue weighted by atomic mass is 19.1. The highest BCUT2D eigenvalue weighted by Gasteiger charge is 2.24. The zero-order valence-corrected chi connectivity index (χ0v) is 14.4. The van der Waals surface area contributed by atoms with Crippen molar-refractivity contribution >= 4 is 11.6 Å². The van der Waals surface area contributed by atoms with E-state index < -0.39 is 0 Å². The topological polar surface area (TPSA) is 41.6 Å². The number of likely N-dealkylation sites (tertiary alicyclic amines) is 1. The van der Waals surface area contributed by atoms with Gasteiger partial charge in [-0.3, -0.25) is 4.79 Å². The van der Waals surface area contributed by atoms with Gasteiger partial charge in [-0.25, -0.2) is 4.39 Å². The molecule has 0 atom stereocenters. The Hall–Kier alpha value is -2.40. The Labute approximate surface area is 147 Å². The maximum Gasteiger partial charge on any atom is 0.254 e. The lowest BCUT2D eigenvalue weighted by molar-refractivity contribution is 0.0713. The molecule has 1 N–H and O–H groups in total. The fourth-order valence-corrected chi connectivity index (χ4v) is 3.19. The second-order valence-corrected chi connectivity index (χ2v) is 6.31. The second kappa shape index (κ2) is 8.12. The average molecular weight is 342 g/mol. The Morgan fingerprint density at radius 3 is 2.52 bits per heavy atom. The molecule has 1 amide bonds. The third-order valence-electron chi connectivity index (χ3n) is 4.54. The van der Waals surface area contributed by atoms with Gasteiger partial charge in [0.25, 0.3) is 5.91 Å². The fraction of sp³-hybridized carbons (Fsp3) is 0.350. The van der Waals surface area contributed by atoms with Gasteiger partial charge in [0, 0.05) is 37.5 Å². The Morgan fingerprint density at radius 2 is 1.84 bits per heavy atom. The monoisotopic (exact) mass is 342 g/mol. The molecule has 0 saturated carbocycles. The van der Waals surface area contributed by atoms with Crippen molar-refractivity contribution < 1.29 is 13.9 Å². The summed E-state index contributed by atoms with van der Waals surface area (Å²) in [6.07, 6.45) is 1.74. The number of benzene rings is 2. The largest absolute Gasteiger partial charge is 0.382 e. The summed E-state index contributed by atoms with van der Waals surface area (Å²) >= 11 is 0. The minimum absolute atomic E-state index is 0.0629. The number of hydrogen-bond donors (Lipinski definition) is 1. The standard InChI is InChI=1S/C20H23FN2O2/c1-25-14-15-4-2-3-5-19(15)20(24)23-12-10-18(11-13-23)22-17-8-6-16(21)7-9-17/h2-9,18,22H,10-14H2,1H3. The molecule has 1 saturated heterocycles. The van der Waals surface area contributed by atoms with E-state index >= 15 is 0 Å². The van der Waals surface area contributed by atoms with Gasteiger partial charge in [0.05, 0.1) is 6.61 Å². The molecule has 2 aromatic carbocycles. The highest BCUT2D eigenvalue weighted by molar-refractivity contribution is 5.95. The molecule has 5 heteroatoms. The highest BCUT2D eigenvalue weighted by Crippen LogP contribution is 2.20. The van der Waals surface area contributed by atoms with Gasteiger partial charge in [0.1, 0.15) is 5.82 Å². The SMILES string of the molecule is COCc1ccccc1C(=O)N1CCC(Nc2ccc(F)cc2)CC1. The molecule has 0 unspecified atom stereocenters. The maximum atomic E-state index is 13.0. The first-order valence-corrected chi connectivity index (χ1v) is 8.55. The Kier molecular flexibility index (Phi) is 5.66. The molecule has 1 aliphatic rings. The van der Waals surface area contributed by atoms with Crippen LogP contribution in [-0.2, 0) is 11.3 Å². The summed E-state index contributed by atoms with van der Waals surface area (Å²) in [7, 11) is 1.63. The first kappa shape index (κ1) is 17.4. The van der Waals surface area contributed by atoms with Gasteiger partial charge in [0.2, 0.25) is 0 Å². The number of nitrogens with one attached hydrogen (secondary N) is 1. The van der Waals surface area contributed by atoms with E-state index in [-0.39, 0.29) is 11.7 Å². The number of ether oxygens (including phenoxy) is 1. The molecule has 3 rings (SSSR count). The maximum absolute atomic E-state index is 13.0. The zero-order valence-electron chi connectivity index (χ0n) is 14.4.